The molecule has 3 rings (SSSR count). The Morgan fingerprint density at radius 1 is 1.27 bits per heavy atom. The first-order valence-electron chi connectivity index (χ1n) is 8.39. The van der Waals surface area contributed by atoms with Crippen molar-refractivity contribution in [3.8, 4) is 0 Å². The fourth-order valence-electron chi connectivity index (χ4n) is 2.55. The van der Waals surface area contributed by atoms with Crippen LogP contribution < -0.4 is 10.9 Å². The summed E-state index contributed by atoms with van der Waals surface area (Å²) in [5.41, 5.74) is 1.07. The molecular weight excluding hydrogens is 337 g/mol. The van der Waals surface area contributed by atoms with Crippen molar-refractivity contribution in [2.75, 3.05) is 6.54 Å². The maximum absolute atomic E-state index is 13.0. The minimum atomic E-state index is -0.319. The van der Waals surface area contributed by atoms with Crippen LogP contribution in [0.5, 0.6) is 0 Å². The Morgan fingerprint density at radius 3 is 2.69 bits per heavy atom. The van der Waals surface area contributed by atoms with Crippen LogP contribution in [0.4, 0.5) is 4.39 Å². The maximum atomic E-state index is 13.0. The predicted octanol–water partition coefficient (Wildman–Crippen LogP) is 1.55. The molecule has 0 aliphatic carbocycles. The second kappa shape index (κ2) is 7.47. The molecule has 1 amide bonds. The Kier molecular flexibility index (Phi) is 5.11. The van der Waals surface area contributed by atoms with Crippen LogP contribution in [0, 0.1) is 11.7 Å². The lowest BCUT2D eigenvalue weighted by atomic mass is 10.2. The Hall–Kier alpha value is -3.03. The maximum Gasteiger partial charge on any atom is 0.264 e. The van der Waals surface area contributed by atoms with E-state index in [0.717, 1.165) is 5.56 Å². The van der Waals surface area contributed by atoms with Crippen molar-refractivity contribution >= 4 is 16.9 Å². The van der Waals surface area contributed by atoms with Crippen LogP contribution in [-0.4, -0.2) is 31.8 Å². The number of fused-ring (bicyclic) bond motifs is 1. The van der Waals surface area contributed by atoms with Crippen molar-refractivity contribution in [1.29, 1.82) is 0 Å². The average Bonchev–Trinajstić information content (AvgIpc) is 3.03. The molecule has 0 fully saturated rings. The van der Waals surface area contributed by atoms with Gasteiger partial charge in [-0.15, -0.1) is 0 Å². The largest absolute Gasteiger partial charge is 0.354 e. The normalized spacial score (nSPS) is 11.2. The van der Waals surface area contributed by atoms with Gasteiger partial charge in [0.1, 0.15) is 17.5 Å². The predicted molar refractivity (Wildman–Crippen MR) is 95.1 cm³/mol. The molecule has 0 saturated heterocycles. The summed E-state index contributed by atoms with van der Waals surface area (Å²) in [4.78, 5) is 28.5. The molecule has 3 aromatic rings. The highest BCUT2D eigenvalue weighted by molar-refractivity contribution is 5.77. The number of amides is 1. The lowest BCUT2D eigenvalue weighted by Crippen LogP contribution is -2.31. The molecule has 0 saturated carbocycles. The quantitative estimate of drug-likeness (QED) is 0.726. The Balaban J connectivity index is 1.77. The third kappa shape index (κ3) is 3.79. The molecule has 0 radical (unpaired) electrons. The summed E-state index contributed by atoms with van der Waals surface area (Å²) in [5.74, 6) is -0.433. The number of hydrogen-bond donors (Lipinski definition) is 1. The number of nitrogens with one attached hydrogen (secondary N) is 1. The minimum Gasteiger partial charge on any atom is -0.354 e. The van der Waals surface area contributed by atoms with Gasteiger partial charge in [0, 0.05) is 12.5 Å². The number of nitrogens with zero attached hydrogens (tertiary/aromatic N) is 4. The van der Waals surface area contributed by atoms with Gasteiger partial charge in [0.2, 0.25) is 5.91 Å². The van der Waals surface area contributed by atoms with Gasteiger partial charge in [-0.05, 0) is 17.7 Å². The smallest absolute Gasteiger partial charge is 0.264 e. The fraction of sp³-hybridized carbons (Fsp3) is 0.333. The molecule has 2 aromatic heterocycles. The van der Waals surface area contributed by atoms with E-state index in [4.69, 9.17) is 0 Å². The van der Waals surface area contributed by atoms with Gasteiger partial charge in [-0.25, -0.2) is 14.1 Å². The van der Waals surface area contributed by atoms with Crippen molar-refractivity contribution in [3.05, 3.63) is 58.5 Å². The van der Waals surface area contributed by atoms with Crippen LogP contribution in [0.2, 0.25) is 0 Å². The van der Waals surface area contributed by atoms with E-state index >= 15 is 0 Å². The van der Waals surface area contributed by atoms with E-state index in [0.29, 0.717) is 30.7 Å². The van der Waals surface area contributed by atoms with E-state index in [1.165, 1.54) is 29.2 Å². The zero-order valence-corrected chi connectivity index (χ0v) is 14.6. The van der Waals surface area contributed by atoms with E-state index in [9.17, 15) is 14.0 Å². The SMILES string of the molecule is CC(C)C(=O)NCCn1ncc2c(=O)n(Cc3ccc(F)cc3)cnc21. The van der Waals surface area contributed by atoms with Crippen molar-refractivity contribution in [2.24, 2.45) is 5.92 Å². The van der Waals surface area contributed by atoms with Gasteiger partial charge in [-0.2, -0.15) is 5.10 Å². The highest BCUT2D eigenvalue weighted by atomic mass is 19.1. The molecule has 0 unspecified atom stereocenters. The second-order valence-electron chi connectivity index (χ2n) is 6.35. The summed E-state index contributed by atoms with van der Waals surface area (Å²) in [6.07, 6.45) is 2.94. The molecule has 0 atom stereocenters. The van der Waals surface area contributed by atoms with E-state index in [1.807, 2.05) is 13.8 Å². The van der Waals surface area contributed by atoms with Gasteiger partial charge in [0.15, 0.2) is 5.65 Å². The molecule has 0 aliphatic rings. The first-order chi connectivity index (χ1) is 12.5. The third-order valence-corrected chi connectivity index (χ3v) is 4.04. The number of hydrogen-bond acceptors (Lipinski definition) is 4. The summed E-state index contributed by atoms with van der Waals surface area (Å²) in [6, 6.07) is 5.98. The van der Waals surface area contributed by atoms with Crippen LogP contribution >= 0.6 is 0 Å². The van der Waals surface area contributed by atoms with Gasteiger partial charge in [-0.1, -0.05) is 26.0 Å². The van der Waals surface area contributed by atoms with Crippen molar-refractivity contribution in [1.82, 2.24) is 24.6 Å². The fourth-order valence-corrected chi connectivity index (χ4v) is 2.55. The number of halogens is 1. The van der Waals surface area contributed by atoms with Gasteiger partial charge in [0.25, 0.3) is 5.56 Å². The first-order valence-corrected chi connectivity index (χ1v) is 8.39. The summed E-state index contributed by atoms with van der Waals surface area (Å²) < 4.78 is 16.1. The zero-order valence-electron chi connectivity index (χ0n) is 14.6. The second-order valence-corrected chi connectivity index (χ2v) is 6.35. The minimum absolute atomic E-state index is 0.0314. The van der Waals surface area contributed by atoms with Gasteiger partial charge < -0.3 is 5.32 Å². The number of rotatable bonds is 6. The molecule has 0 bridgehead atoms. The van der Waals surface area contributed by atoms with Gasteiger partial charge in [0.05, 0.1) is 19.3 Å². The van der Waals surface area contributed by atoms with E-state index < -0.39 is 0 Å². The number of aromatic nitrogens is 4. The lowest BCUT2D eigenvalue weighted by molar-refractivity contribution is -0.124. The molecular formula is C18H20FN5O2. The molecule has 0 aliphatic heterocycles. The van der Waals surface area contributed by atoms with Crippen LogP contribution in [-0.2, 0) is 17.9 Å². The number of carbonyl (C=O) groups excluding carboxylic acids is 1. The monoisotopic (exact) mass is 357 g/mol. The number of carbonyl (C=O) groups is 1. The zero-order chi connectivity index (χ0) is 18.7. The first kappa shape index (κ1) is 17.8. The number of benzene rings is 1. The van der Waals surface area contributed by atoms with Crippen LogP contribution in [0.1, 0.15) is 19.4 Å². The molecule has 2 heterocycles. The van der Waals surface area contributed by atoms with Crippen molar-refractivity contribution < 1.29 is 9.18 Å². The molecule has 7 nitrogen and oxygen atoms in total. The Morgan fingerprint density at radius 2 is 2.00 bits per heavy atom. The molecule has 8 heteroatoms. The standard InChI is InChI=1S/C18H20FN5O2/c1-12(2)17(25)20-7-8-24-16-15(9-22-24)18(26)23(11-21-16)10-13-3-5-14(19)6-4-13/h3-6,9,11-12H,7-8,10H2,1-2H3,(H,20,25). The topological polar surface area (TPSA) is 81.8 Å². The van der Waals surface area contributed by atoms with Crippen LogP contribution in [0.3, 0.4) is 0 Å². The van der Waals surface area contributed by atoms with E-state index in [1.54, 1.807) is 16.8 Å². The lowest BCUT2D eigenvalue weighted by Gasteiger charge is -2.08. The third-order valence-electron chi connectivity index (χ3n) is 4.04. The molecule has 136 valence electrons. The summed E-state index contributed by atoms with van der Waals surface area (Å²) in [6.45, 7) is 4.79. The summed E-state index contributed by atoms with van der Waals surface area (Å²) in [7, 11) is 0. The van der Waals surface area contributed by atoms with Crippen molar-refractivity contribution in [2.45, 2.75) is 26.9 Å². The van der Waals surface area contributed by atoms with Gasteiger partial charge >= 0.3 is 0 Å². The van der Waals surface area contributed by atoms with Crippen LogP contribution in [0.25, 0.3) is 11.0 Å². The highest BCUT2D eigenvalue weighted by Crippen LogP contribution is 2.08. The highest BCUT2D eigenvalue weighted by Gasteiger charge is 2.11. The summed E-state index contributed by atoms with van der Waals surface area (Å²) >= 11 is 0. The molecule has 0 spiro atoms. The Labute approximate surface area is 149 Å². The Bertz CT molecular complexity index is 975. The van der Waals surface area contributed by atoms with Crippen LogP contribution in [0.15, 0.2) is 41.6 Å². The van der Waals surface area contributed by atoms with E-state index in [-0.39, 0.29) is 23.2 Å². The average molecular weight is 357 g/mol. The molecule has 26 heavy (non-hydrogen) atoms. The summed E-state index contributed by atoms with van der Waals surface area (Å²) in [5, 5.41) is 7.41. The molecule has 1 aromatic carbocycles. The molecule has 1 N–H and O–H groups in total. The van der Waals surface area contributed by atoms with E-state index in [2.05, 4.69) is 15.4 Å². The van der Waals surface area contributed by atoms with Gasteiger partial charge in [-0.3, -0.25) is 14.2 Å². The van der Waals surface area contributed by atoms with Crippen molar-refractivity contribution in [3.63, 3.8) is 0 Å².